The lowest BCUT2D eigenvalue weighted by Crippen LogP contribution is -1.99. The van der Waals surface area contributed by atoms with Crippen LogP contribution in [-0.2, 0) is 0 Å². The van der Waals surface area contributed by atoms with Gasteiger partial charge in [-0.3, -0.25) is 0 Å². The fraction of sp³-hybridized carbons (Fsp3) is 0.167. The van der Waals surface area contributed by atoms with Crippen molar-refractivity contribution in [1.82, 2.24) is 4.98 Å². The van der Waals surface area contributed by atoms with Gasteiger partial charge in [-0.05, 0) is 32.0 Å². The Morgan fingerprint density at radius 3 is 2.72 bits per heavy atom. The molecule has 2 aromatic rings. The molecule has 0 atom stereocenters. The van der Waals surface area contributed by atoms with Gasteiger partial charge in [0.2, 0.25) is 0 Å². The zero-order valence-electron chi connectivity index (χ0n) is 9.73. The van der Waals surface area contributed by atoms with Gasteiger partial charge in [-0.15, -0.1) is 0 Å². The zero-order valence-corrected chi connectivity index (χ0v) is 12.1. The largest absolute Gasteiger partial charge is 0.478 e. The average molecular weight is 328 g/mol. The molecule has 0 fully saturated rings. The monoisotopic (exact) mass is 327 g/mol. The molecule has 0 saturated heterocycles. The number of carboxylic acid groups (broad SMARTS) is 1. The molecule has 0 amide bonds. The maximum Gasteiger partial charge on any atom is 0.339 e. The number of nitrogens with zero attached hydrogens (tertiary/aromatic N) is 1. The molecule has 1 heterocycles. The molecule has 0 spiro atoms. The van der Waals surface area contributed by atoms with Crippen LogP contribution in [0, 0.1) is 13.8 Å². The summed E-state index contributed by atoms with van der Waals surface area (Å²) in [7, 11) is 0. The number of hydrogen-bond donors (Lipinski definition) is 1. The molecule has 94 valence electrons. The van der Waals surface area contributed by atoms with Crippen LogP contribution in [0.3, 0.4) is 0 Å². The minimum atomic E-state index is -1.03. The molecular formula is C12H10BrNO3S. The fourth-order valence-electron chi connectivity index (χ4n) is 1.34. The summed E-state index contributed by atoms with van der Waals surface area (Å²) >= 11 is 4.68. The number of hydrogen-bond acceptors (Lipinski definition) is 4. The average Bonchev–Trinajstić information content (AvgIpc) is 2.57. The van der Waals surface area contributed by atoms with E-state index in [4.69, 9.17) is 9.84 Å². The van der Waals surface area contributed by atoms with Gasteiger partial charge in [-0.1, -0.05) is 27.3 Å². The summed E-state index contributed by atoms with van der Waals surface area (Å²) in [5, 5.41) is 9.53. The van der Waals surface area contributed by atoms with Crippen molar-refractivity contribution in [3.8, 4) is 10.9 Å². The summed E-state index contributed by atoms with van der Waals surface area (Å²) in [6, 6.07) is 4.78. The van der Waals surface area contributed by atoms with Crippen LogP contribution >= 0.6 is 27.3 Å². The van der Waals surface area contributed by atoms with Gasteiger partial charge < -0.3 is 9.84 Å². The lowest BCUT2D eigenvalue weighted by molar-refractivity contribution is 0.0694. The van der Waals surface area contributed by atoms with Gasteiger partial charge in [0.25, 0.3) is 5.19 Å². The van der Waals surface area contributed by atoms with Gasteiger partial charge in [0.1, 0.15) is 11.3 Å². The van der Waals surface area contributed by atoms with E-state index in [9.17, 15) is 4.79 Å². The minimum absolute atomic E-state index is 0.115. The number of thiazole rings is 1. The van der Waals surface area contributed by atoms with Gasteiger partial charge in [-0.25, -0.2) is 9.78 Å². The van der Waals surface area contributed by atoms with E-state index in [2.05, 4.69) is 20.9 Å². The third-order valence-electron chi connectivity index (χ3n) is 2.38. The molecule has 4 nitrogen and oxygen atoms in total. The molecule has 2 rings (SSSR count). The Morgan fingerprint density at radius 2 is 2.17 bits per heavy atom. The van der Waals surface area contributed by atoms with Gasteiger partial charge in [0.15, 0.2) is 0 Å². The second kappa shape index (κ2) is 5.07. The standard InChI is InChI=1S/C12H10BrNO3S/c1-6-7(2)18-12(14-6)17-10-5-8(13)3-4-9(10)11(15)16/h3-5H,1-2H3,(H,15,16). The number of carboxylic acids is 1. The van der Waals surface area contributed by atoms with Crippen molar-refractivity contribution in [3.63, 3.8) is 0 Å². The summed E-state index contributed by atoms with van der Waals surface area (Å²) < 4.78 is 6.31. The van der Waals surface area contributed by atoms with Crippen LogP contribution in [0.5, 0.6) is 10.9 Å². The quantitative estimate of drug-likeness (QED) is 0.925. The van der Waals surface area contributed by atoms with Crippen molar-refractivity contribution < 1.29 is 14.6 Å². The predicted molar refractivity (Wildman–Crippen MR) is 72.8 cm³/mol. The second-order valence-electron chi connectivity index (χ2n) is 3.67. The fourth-order valence-corrected chi connectivity index (χ4v) is 2.45. The molecule has 0 aliphatic heterocycles. The lowest BCUT2D eigenvalue weighted by Gasteiger charge is -2.06. The van der Waals surface area contributed by atoms with E-state index in [0.717, 1.165) is 15.0 Å². The van der Waals surface area contributed by atoms with Gasteiger partial charge in [0.05, 0.1) is 5.69 Å². The Kier molecular flexibility index (Phi) is 3.68. The Bertz CT molecular complexity index is 590. The topological polar surface area (TPSA) is 59.4 Å². The van der Waals surface area contributed by atoms with Gasteiger partial charge in [0, 0.05) is 9.35 Å². The van der Waals surface area contributed by atoms with Crippen molar-refractivity contribution in [2.24, 2.45) is 0 Å². The van der Waals surface area contributed by atoms with Crippen molar-refractivity contribution in [3.05, 3.63) is 38.8 Å². The maximum absolute atomic E-state index is 11.1. The van der Waals surface area contributed by atoms with E-state index in [0.29, 0.717) is 5.19 Å². The molecule has 0 bridgehead atoms. The Hall–Kier alpha value is -1.40. The van der Waals surface area contributed by atoms with E-state index in [1.807, 2.05) is 13.8 Å². The maximum atomic E-state index is 11.1. The Morgan fingerprint density at radius 1 is 1.44 bits per heavy atom. The number of rotatable bonds is 3. The van der Waals surface area contributed by atoms with E-state index < -0.39 is 5.97 Å². The molecule has 0 saturated carbocycles. The molecule has 0 radical (unpaired) electrons. The van der Waals surface area contributed by atoms with E-state index in [1.54, 1.807) is 12.1 Å². The predicted octanol–water partition coefficient (Wildman–Crippen LogP) is 4.01. The molecule has 0 unspecified atom stereocenters. The summed E-state index contributed by atoms with van der Waals surface area (Å²) in [5.74, 6) is -0.742. The van der Waals surface area contributed by atoms with Crippen molar-refractivity contribution >= 4 is 33.2 Å². The zero-order chi connectivity index (χ0) is 13.3. The third-order valence-corrected chi connectivity index (χ3v) is 3.82. The molecule has 0 aliphatic carbocycles. The minimum Gasteiger partial charge on any atom is -0.478 e. The SMILES string of the molecule is Cc1nc(Oc2cc(Br)ccc2C(=O)O)sc1C. The second-order valence-corrected chi connectivity index (χ2v) is 5.75. The number of carbonyl (C=O) groups is 1. The summed E-state index contributed by atoms with van der Waals surface area (Å²) in [6.07, 6.45) is 0. The molecule has 18 heavy (non-hydrogen) atoms. The highest BCUT2D eigenvalue weighted by molar-refractivity contribution is 9.10. The Labute approximate surface area is 116 Å². The summed E-state index contributed by atoms with van der Waals surface area (Å²) in [5.41, 5.74) is 1.01. The lowest BCUT2D eigenvalue weighted by atomic mass is 10.2. The molecule has 1 aromatic carbocycles. The first-order valence-electron chi connectivity index (χ1n) is 5.12. The van der Waals surface area contributed by atoms with Crippen molar-refractivity contribution in [1.29, 1.82) is 0 Å². The van der Waals surface area contributed by atoms with E-state index >= 15 is 0 Å². The summed E-state index contributed by atoms with van der Waals surface area (Å²) in [4.78, 5) is 16.4. The highest BCUT2D eigenvalue weighted by Crippen LogP contribution is 2.32. The van der Waals surface area contributed by atoms with Gasteiger partial charge >= 0.3 is 5.97 Å². The van der Waals surface area contributed by atoms with Crippen LogP contribution in [0.15, 0.2) is 22.7 Å². The normalized spacial score (nSPS) is 10.4. The van der Waals surface area contributed by atoms with Crippen LogP contribution in [-0.4, -0.2) is 16.1 Å². The molecule has 0 aliphatic rings. The smallest absolute Gasteiger partial charge is 0.339 e. The number of aromatic nitrogens is 1. The van der Waals surface area contributed by atoms with Crippen LogP contribution in [0.1, 0.15) is 20.9 Å². The third kappa shape index (κ3) is 2.70. The molecule has 6 heteroatoms. The molecule has 1 aromatic heterocycles. The van der Waals surface area contributed by atoms with Crippen molar-refractivity contribution in [2.45, 2.75) is 13.8 Å². The van der Waals surface area contributed by atoms with Crippen LogP contribution in [0.25, 0.3) is 0 Å². The number of ether oxygens (including phenoxy) is 1. The number of halogens is 1. The number of aromatic carboxylic acids is 1. The van der Waals surface area contributed by atoms with E-state index in [-0.39, 0.29) is 11.3 Å². The first kappa shape index (κ1) is 13.0. The molecular weight excluding hydrogens is 318 g/mol. The summed E-state index contributed by atoms with van der Waals surface area (Å²) in [6.45, 7) is 3.83. The van der Waals surface area contributed by atoms with Crippen molar-refractivity contribution in [2.75, 3.05) is 0 Å². The van der Waals surface area contributed by atoms with Crippen LogP contribution < -0.4 is 4.74 Å². The van der Waals surface area contributed by atoms with E-state index in [1.165, 1.54) is 17.4 Å². The first-order valence-corrected chi connectivity index (χ1v) is 6.73. The Balaban J connectivity index is 2.38. The van der Waals surface area contributed by atoms with Crippen LogP contribution in [0.2, 0.25) is 0 Å². The first-order chi connectivity index (χ1) is 8.47. The molecule has 1 N–H and O–H groups in total. The number of aryl methyl sites for hydroxylation is 2. The highest BCUT2D eigenvalue weighted by atomic mass is 79.9. The highest BCUT2D eigenvalue weighted by Gasteiger charge is 2.14. The van der Waals surface area contributed by atoms with Gasteiger partial charge in [-0.2, -0.15) is 0 Å². The number of benzene rings is 1. The van der Waals surface area contributed by atoms with Crippen LogP contribution in [0.4, 0.5) is 0 Å².